The molecular weight excluding hydrogens is 406 g/mol. The van der Waals surface area contributed by atoms with E-state index in [1.54, 1.807) is 28.9 Å². The van der Waals surface area contributed by atoms with Crippen LogP contribution in [-0.2, 0) is 6.54 Å². The molecule has 140 valence electrons. The number of hydrogen-bond acceptors (Lipinski definition) is 2. The van der Waals surface area contributed by atoms with Gasteiger partial charge in [0.25, 0.3) is 0 Å². The van der Waals surface area contributed by atoms with E-state index in [-0.39, 0.29) is 12.4 Å². The zero-order chi connectivity index (χ0) is 19.6. The Hall–Kier alpha value is -2.15. The van der Waals surface area contributed by atoms with Gasteiger partial charge in [0.1, 0.15) is 5.82 Å². The molecule has 2 aromatic carbocycles. The SMILES string of the molecule is Cc1nn(Cc2c(F)cccc2Cl)c(C)c1NC(=S)Nc1ccc(Cl)cc1. The van der Waals surface area contributed by atoms with Gasteiger partial charge in [0, 0.05) is 21.3 Å². The summed E-state index contributed by atoms with van der Waals surface area (Å²) in [6.45, 7) is 3.99. The Morgan fingerprint density at radius 2 is 1.81 bits per heavy atom. The molecule has 0 aliphatic heterocycles. The molecule has 3 aromatic rings. The second-order valence-electron chi connectivity index (χ2n) is 5.99. The van der Waals surface area contributed by atoms with Crippen molar-refractivity contribution < 1.29 is 4.39 Å². The number of halogens is 3. The molecule has 0 aliphatic rings. The minimum Gasteiger partial charge on any atom is -0.332 e. The summed E-state index contributed by atoms with van der Waals surface area (Å²) in [6.07, 6.45) is 0. The zero-order valence-corrected chi connectivity index (χ0v) is 17.0. The van der Waals surface area contributed by atoms with E-state index in [2.05, 4.69) is 15.7 Å². The molecule has 2 N–H and O–H groups in total. The highest BCUT2D eigenvalue weighted by Crippen LogP contribution is 2.24. The molecular formula is C19H17Cl2FN4S. The number of aryl methyl sites for hydroxylation is 1. The lowest BCUT2D eigenvalue weighted by Crippen LogP contribution is -2.20. The highest BCUT2D eigenvalue weighted by Gasteiger charge is 2.15. The molecule has 0 amide bonds. The van der Waals surface area contributed by atoms with Gasteiger partial charge in [0.05, 0.1) is 23.6 Å². The first-order chi connectivity index (χ1) is 12.8. The molecule has 27 heavy (non-hydrogen) atoms. The van der Waals surface area contributed by atoms with Gasteiger partial charge in [-0.05, 0) is 62.5 Å². The minimum atomic E-state index is -0.357. The van der Waals surface area contributed by atoms with Crippen LogP contribution in [0.2, 0.25) is 10.0 Å². The Bertz CT molecular complexity index is 966. The van der Waals surface area contributed by atoms with Crippen molar-refractivity contribution in [1.29, 1.82) is 0 Å². The van der Waals surface area contributed by atoms with Crippen molar-refractivity contribution in [3.63, 3.8) is 0 Å². The number of hydrogen-bond donors (Lipinski definition) is 2. The molecule has 0 saturated heterocycles. The molecule has 1 heterocycles. The van der Waals surface area contributed by atoms with Crippen molar-refractivity contribution in [1.82, 2.24) is 9.78 Å². The second kappa shape index (κ2) is 8.25. The molecule has 0 spiro atoms. The van der Waals surface area contributed by atoms with E-state index in [9.17, 15) is 4.39 Å². The maximum Gasteiger partial charge on any atom is 0.175 e. The number of nitrogens with one attached hydrogen (secondary N) is 2. The summed E-state index contributed by atoms with van der Waals surface area (Å²) in [4.78, 5) is 0. The lowest BCUT2D eigenvalue weighted by Gasteiger charge is -2.12. The Morgan fingerprint density at radius 3 is 2.48 bits per heavy atom. The predicted octanol–water partition coefficient (Wildman–Crippen LogP) is 5.80. The Morgan fingerprint density at radius 1 is 1.11 bits per heavy atom. The quantitative estimate of drug-likeness (QED) is 0.521. The third kappa shape index (κ3) is 4.58. The summed E-state index contributed by atoms with van der Waals surface area (Å²) >= 11 is 17.4. The van der Waals surface area contributed by atoms with Crippen LogP contribution in [0.4, 0.5) is 15.8 Å². The Labute approximate surface area is 172 Å². The largest absolute Gasteiger partial charge is 0.332 e. The van der Waals surface area contributed by atoms with E-state index >= 15 is 0 Å². The normalized spacial score (nSPS) is 10.7. The highest BCUT2D eigenvalue weighted by atomic mass is 35.5. The molecule has 8 heteroatoms. The van der Waals surface area contributed by atoms with Gasteiger partial charge in [0.15, 0.2) is 5.11 Å². The summed E-state index contributed by atoms with van der Waals surface area (Å²) in [5.74, 6) is -0.357. The van der Waals surface area contributed by atoms with Crippen LogP contribution in [-0.4, -0.2) is 14.9 Å². The number of nitrogens with zero attached hydrogens (tertiary/aromatic N) is 2. The van der Waals surface area contributed by atoms with Crippen molar-refractivity contribution in [3.8, 4) is 0 Å². The summed E-state index contributed by atoms with van der Waals surface area (Å²) in [7, 11) is 0. The molecule has 3 rings (SSSR count). The van der Waals surface area contributed by atoms with E-state index in [4.69, 9.17) is 35.4 Å². The minimum absolute atomic E-state index is 0.233. The van der Waals surface area contributed by atoms with E-state index < -0.39 is 0 Å². The van der Waals surface area contributed by atoms with Crippen LogP contribution < -0.4 is 10.6 Å². The van der Waals surface area contributed by atoms with Crippen molar-refractivity contribution >= 4 is 51.9 Å². The number of aromatic nitrogens is 2. The fourth-order valence-electron chi connectivity index (χ4n) is 2.67. The monoisotopic (exact) mass is 422 g/mol. The maximum absolute atomic E-state index is 14.1. The standard InChI is InChI=1S/C19H17Cl2FN4S/c1-11-18(24-19(27)23-14-8-6-13(20)7-9-14)12(2)26(25-11)10-15-16(21)4-3-5-17(15)22/h3-9H,10H2,1-2H3,(H2,23,24,27). The van der Waals surface area contributed by atoms with Gasteiger partial charge in [-0.2, -0.15) is 5.10 Å². The zero-order valence-electron chi connectivity index (χ0n) is 14.7. The molecule has 0 aliphatic carbocycles. The second-order valence-corrected chi connectivity index (χ2v) is 7.24. The third-order valence-corrected chi connectivity index (χ3v) is 4.90. The number of benzene rings is 2. The lowest BCUT2D eigenvalue weighted by molar-refractivity contribution is 0.579. The van der Waals surface area contributed by atoms with Crippen molar-refractivity contribution in [2.45, 2.75) is 20.4 Å². The summed E-state index contributed by atoms with van der Waals surface area (Å²) in [6, 6.07) is 11.8. The van der Waals surface area contributed by atoms with E-state index in [1.165, 1.54) is 6.07 Å². The predicted molar refractivity (Wildman–Crippen MR) is 114 cm³/mol. The van der Waals surface area contributed by atoms with Crippen LogP contribution in [0.1, 0.15) is 17.0 Å². The summed E-state index contributed by atoms with van der Waals surface area (Å²) in [5.41, 5.74) is 3.57. The summed E-state index contributed by atoms with van der Waals surface area (Å²) < 4.78 is 15.8. The maximum atomic E-state index is 14.1. The van der Waals surface area contributed by atoms with E-state index in [1.807, 2.05) is 26.0 Å². The molecule has 0 bridgehead atoms. The van der Waals surface area contributed by atoms with Gasteiger partial charge in [-0.3, -0.25) is 4.68 Å². The molecule has 0 radical (unpaired) electrons. The number of thiocarbonyl (C=S) groups is 1. The van der Waals surface area contributed by atoms with Crippen molar-refractivity contribution in [3.05, 3.63) is 75.3 Å². The van der Waals surface area contributed by atoms with E-state index in [0.29, 0.717) is 20.7 Å². The smallest absolute Gasteiger partial charge is 0.175 e. The van der Waals surface area contributed by atoms with Gasteiger partial charge < -0.3 is 10.6 Å². The Kier molecular flexibility index (Phi) is 5.99. The third-order valence-electron chi connectivity index (χ3n) is 4.09. The Balaban J connectivity index is 1.77. The van der Waals surface area contributed by atoms with Crippen LogP contribution in [0.3, 0.4) is 0 Å². The molecule has 0 saturated carbocycles. The lowest BCUT2D eigenvalue weighted by atomic mass is 10.2. The van der Waals surface area contributed by atoms with Crippen LogP contribution in [0, 0.1) is 19.7 Å². The first-order valence-electron chi connectivity index (χ1n) is 8.15. The highest BCUT2D eigenvalue weighted by molar-refractivity contribution is 7.80. The van der Waals surface area contributed by atoms with Crippen LogP contribution in [0.25, 0.3) is 0 Å². The van der Waals surface area contributed by atoms with Crippen molar-refractivity contribution in [2.24, 2.45) is 0 Å². The van der Waals surface area contributed by atoms with E-state index in [0.717, 1.165) is 22.8 Å². The number of rotatable bonds is 4. The summed E-state index contributed by atoms with van der Waals surface area (Å²) in [5, 5.41) is 12.2. The fraction of sp³-hybridized carbons (Fsp3) is 0.158. The number of anilines is 2. The molecule has 0 fully saturated rings. The fourth-order valence-corrected chi connectivity index (χ4v) is 3.24. The molecule has 1 aromatic heterocycles. The van der Waals surface area contributed by atoms with Crippen LogP contribution in [0.5, 0.6) is 0 Å². The first-order valence-corrected chi connectivity index (χ1v) is 9.32. The van der Waals surface area contributed by atoms with Crippen LogP contribution in [0.15, 0.2) is 42.5 Å². The van der Waals surface area contributed by atoms with Gasteiger partial charge >= 0.3 is 0 Å². The average Bonchev–Trinajstić information content (AvgIpc) is 2.88. The van der Waals surface area contributed by atoms with Crippen LogP contribution >= 0.6 is 35.4 Å². The molecule has 0 unspecified atom stereocenters. The first kappa shape index (κ1) is 19.6. The average molecular weight is 423 g/mol. The van der Waals surface area contributed by atoms with Gasteiger partial charge in [-0.25, -0.2) is 4.39 Å². The van der Waals surface area contributed by atoms with Gasteiger partial charge in [0.2, 0.25) is 0 Å². The topological polar surface area (TPSA) is 41.9 Å². The molecule has 0 atom stereocenters. The molecule has 4 nitrogen and oxygen atoms in total. The van der Waals surface area contributed by atoms with Gasteiger partial charge in [-0.1, -0.05) is 29.3 Å². The van der Waals surface area contributed by atoms with Gasteiger partial charge in [-0.15, -0.1) is 0 Å². The van der Waals surface area contributed by atoms with Crippen molar-refractivity contribution in [2.75, 3.05) is 10.6 Å².